The van der Waals surface area contributed by atoms with Gasteiger partial charge in [0.25, 0.3) is 0 Å². The minimum Gasteiger partial charge on any atom is -0.394 e. The molecule has 2 N–H and O–H groups in total. The molecular formula is C11H13NO2. The Morgan fingerprint density at radius 2 is 2.14 bits per heavy atom. The molecular weight excluding hydrogens is 178 g/mol. The van der Waals surface area contributed by atoms with Crippen LogP contribution in [0.15, 0.2) is 43.0 Å². The van der Waals surface area contributed by atoms with E-state index < -0.39 is 0 Å². The van der Waals surface area contributed by atoms with Gasteiger partial charge in [-0.15, -0.1) is 0 Å². The fourth-order valence-electron chi connectivity index (χ4n) is 1.15. The van der Waals surface area contributed by atoms with Crippen molar-refractivity contribution in [2.75, 3.05) is 6.61 Å². The van der Waals surface area contributed by atoms with E-state index in [1.54, 1.807) is 0 Å². The summed E-state index contributed by atoms with van der Waals surface area (Å²) in [6.07, 6.45) is 1.19. The van der Waals surface area contributed by atoms with Gasteiger partial charge in [-0.05, 0) is 11.6 Å². The van der Waals surface area contributed by atoms with E-state index in [4.69, 9.17) is 5.11 Å². The summed E-state index contributed by atoms with van der Waals surface area (Å²) in [4.78, 5) is 11.0. The SMILES string of the molecule is C=CC(=O)NC(CO)c1ccccc1. The summed E-state index contributed by atoms with van der Waals surface area (Å²) in [7, 11) is 0. The topological polar surface area (TPSA) is 49.3 Å². The Morgan fingerprint density at radius 1 is 1.50 bits per heavy atom. The van der Waals surface area contributed by atoms with Gasteiger partial charge in [0.05, 0.1) is 12.6 Å². The molecule has 1 amide bonds. The van der Waals surface area contributed by atoms with E-state index in [9.17, 15) is 4.79 Å². The molecule has 3 nitrogen and oxygen atoms in total. The number of nitrogens with one attached hydrogen (secondary N) is 1. The highest BCUT2D eigenvalue weighted by Gasteiger charge is 2.10. The fourth-order valence-corrected chi connectivity index (χ4v) is 1.15. The van der Waals surface area contributed by atoms with Crippen LogP contribution in [0.5, 0.6) is 0 Å². The molecule has 0 saturated heterocycles. The number of aliphatic hydroxyl groups excluding tert-OH is 1. The van der Waals surface area contributed by atoms with E-state index in [0.29, 0.717) is 0 Å². The first-order valence-corrected chi connectivity index (χ1v) is 4.36. The van der Waals surface area contributed by atoms with Gasteiger partial charge in [0, 0.05) is 0 Å². The van der Waals surface area contributed by atoms with Crippen molar-refractivity contribution in [3.8, 4) is 0 Å². The zero-order chi connectivity index (χ0) is 10.4. The van der Waals surface area contributed by atoms with E-state index in [0.717, 1.165) is 5.56 Å². The minimum atomic E-state index is -0.360. The lowest BCUT2D eigenvalue weighted by Crippen LogP contribution is -2.29. The second-order valence-corrected chi connectivity index (χ2v) is 2.86. The van der Waals surface area contributed by atoms with Crippen LogP contribution in [0.2, 0.25) is 0 Å². The van der Waals surface area contributed by atoms with Crippen LogP contribution >= 0.6 is 0 Å². The van der Waals surface area contributed by atoms with E-state index in [1.165, 1.54) is 6.08 Å². The summed E-state index contributed by atoms with van der Waals surface area (Å²) >= 11 is 0. The van der Waals surface area contributed by atoms with E-state index in [2.05, 4.69) is 11.9 Å². The molecule has 0 saturated carbocycles. The van der Waals surface area contributed by atoms with Gasteiger partial charge in [-0.2, -0.15) is 0 Å². The van der Waals surface area contributed by atoms with Crippen molar-refractivity contribution >= 4 is 5.91 Å². The summed E-state index contributed by atoms with van der Waals surface area (Å²) < 4.78 is 0. The van der Waals surface area contributed by atoms with E-state index in [1.807, 2.05) is 30.3 Å². The second-order valence-electron chi connectivity index (χ2n) is 2.86. The molecule has 0 fully saturated rings. The average molecular weight is 191 g/mol. The molecule has 1 unspecified atom stereocenters. The number of aliphatic hydroxyl groups is 1. The Balaban J connectivity index is 2.72. The molecule has 14 heavy (non-hydrogen) atoms. The van der Waals surface area contributed by atoms with Crippen molar-refractivity contribution in [3.63, 3.8) is 0 Å². The zero-order valence-corrected chi connectivity index (χ0v) is 7.81. The van der Waals surface area contributed by atoms with Gasteiger partial charge < -0.3 is 10.4 Å². The van der Waals surface area contributed by atoms with Crippen molar-refractivity contribution in [3.05, 3.63) is 48.6 Å². The molecule has 0 aliphatic carbocycles. The summed E-state index contributed by atoms with van der Waals surface area (Å²) in [5.41, 5.74) is 0.880. The number of carbonyl (C=O) groups is 1. The molecule has 0 aromatic heterocycles. The maximum absolute atomic E-state index is 11.0. The molecule has 0 heterocycles. The molecule has 1 aromatic carbocycles. The Bertz CT molecular complexity index is 308. The number of carbonyl (C=O) groups excluding carboxylic acids is 1. The Hall–Kier alpha value is -1.61. The van der Waals surface area contributed by atoms with Crippen LogP contribution in [0.25, 0.3) is 0 Å². The molecule has 0 spiro atoms. The normalized spacial score (nSPS) is 11.8. The van der Waals surface area contributed by atoms with Crippen molar-refractivity contribution in [1.29, 1.82) is 0 Å². The van der Waals surface area contributed by atoms with Crippen molar-refractivity contribution in [2.24, 2.45) is 0 Å². The summed E-state index contributed by atoms with van der Waals surface area (Å²) in [6.45, 7) is 3.23. The van der Waals surface area contributed by atoms with Crippen LogP contribution in [0.4, 0.5) is 0 Å². The molecule has 1 aromatic rings. The van der Waals surface area contributed by atoms with Crippen LogP contribution in [-0.2, 0) is 4.79 Å². The Labute approximate surface area is 83.1 Å². The first-order valence-electron chi connectivity index (χ1n) is 4.36. The number of amides is 1. The second kappa shape index (κ2) is 5.19. The number of benzene rings is 1. The third kappa shape index (κ3) is 2.71. The van der Waals surface area contributed by atoms with Crippen LogP contribution < -0.4 is 5.32 Å². The number of hydrogen-bond acceptors (Lipinski definition) is 2. The lowest BCUT2D eigenvalue weighted by atomic mass is 10.1. The standard InChI is InChI=1S/C11H13NO2/c1-2-11(14)12-10(8-13)9-6-4-3-5-7-9/h2-7,10,13H,1,8H2,(H,12,14). The predicted molar refractivity (Wildman–Crippen MR) is 54.6 cm³/mol. The summed E-state index contributed by atoms with van der Waals surface area (Å²) in [5, 5.41) is 11.7. The predicted octanol–water partition coefficient (Wildman–Crippen LogP) is 1.02. The first kappa shape index (κ1) is 10.5. The van der Waals surface area contributed by atoms with Gasteiger partial charge in [-0.1, -0.05) is 36.9 Å². The molecule has 74 valence electrons. The van der Waals surface area contributed by atoms with E-state index in [-0.39, 0.29) is 18.6 Å². The van der Waals surface area contributed by atoms with Gasteiger partial charge in [-0.25, -0.2) is 0 Å². The smallest absolute Gasteiger partial charge is 0.243 e. The van der Waals surface area contributed by atoms with Crippen molar-refractivity contribution in [1.82, 2.24) is 5.32 Å². The average Bonchev–Trinajstić information content (AvgIpc) is 2.26. The summed E-state index contributed by atoms with van der Waals surface area (Å²) in [5.74, 6) is -0.284. The number of rotatable bonds is 4. The summed E-state index contributed by atoms with van der Waals surface area (Å²) in [6, 6.07) is 8.94. The molecule has 1 rings (SSSR count). The van der Waals surface area contributed by atoms with E-state index >= 15 is 0 Å². The lowest BCUT2D eigenvalue weighted by Gasteiger charge is -2.15. The van der Waals surface area contributed by atoms with Crippen molar-refractivity contribution < 1.29 is 9.90 Å². The Morgan fingerprint density at radius 3 is 2.64 bits per heavy atom. The highest BCUT2D eigenvalue weighted by Crippen LogP contribution is 2.10. The maximum atomic E-state index is 11.0. The molecule has 0 aliphatic rings. The highest BCUT2D eigenvalue weighted by molar-refractivity contribution is 5.87. The highest BCUT2D eigenvalue weighted by atomic mass is 16.3. The van der Waals surface area contributed by atoms with Gasteiger partial charge >= 0.3 is 0 Å². The molecule has 0 aliphatic heterocycles. The molecule has 3 heteroatoms. The van der Waals surface area contributed by atoms with Crippen molar-refractivity contribution in [2.45, 2.75) is 6.04 Å². The third-order valence-corrected chi connectivity index (χ3v) is 1.89. The minimum absolute atomic E-state index is 0.121. The monoisotopic (exact) mass is 191 g/mol. The van der Waals surface area contributed by atoms with Gasteiger partial charge in [0.1, 0.15) is 0 Å². The lowest BCUT2D eigenvalue weighted by molar-refractivity contribution is -0.117. The largest absolute Gasteiger partial charge is 0.394 e. The third-order valence-electron chi connectivity index (χ3n) is 1.89. The quantitative estimate of drug-likeness (QED) is 0.698. The van der Waals surface area contributed by atoms with Crippen LogP contribution in [-0.4, -0.2) is 17.6 Å². The van der Waals surface area contributed by atoms with Crippen LogP contribution in [0.1, 0.15) is 11.6 Å². The first-order chi connectivity index (χ1) is 6.77. The molecule has 1 atom stereocenters. The van der Waals surface area contributed by atoms with Crippen LogP contribution in [0.3, 0.4) is 0 Å². The van der Waals surface area contributed by atoms with Gasteiger partial charge in [0.15, 0.2) is 0 Å². The molecule has 0 radical (unpaired) electrons. The van der Waals surface area contributed by atoms with Crippen LogP contribution in [0, 0.1) is 0 Å². The zero-order valence-electron chi connectivity index (χ0n) is 7.81. The fraction of sp³-hybridized carbons (Fsp3) is 0.182. The van der Waals surface area contributed by atoms with Gasteiger partial charge in [-0.3, -0.25) is 4.79 Å². The van der Waals surface area contributed by atoms with Gasteiger partial charge in [0.2, 0.25) is 5.91 Å². The molecule has 0 bridgehead atoms. The number of hydrogen-bond donors (Lipinski definition) is 2. The maximum Gasteiger partial charge on any atom is 0.243 e. The Kier molecular flexibility index (Phi) is 3.88.